The van der Waals surface area contributed by atoms with Gasteiger partial charge in [0.1, 0.15) is 11.3 Å². The Morgan fingerprint density at radius 2 is 2.16 bits per heavy atom. The average molecular weight is 357 g/mol. The highest BCUT2D eigenvalue weighted by molar-refractivity contribution is 7.80. The van der Waals surface area contributed by atoms with Crippen LogP contribution in [0.4, 0.5) is 5.69 Å². The lowest BCUT2D eigenvalue weighted by Gasteiger charge is -2.37. The number of thiocarbonyl (C=S) groups is 1. The lowest BCUT2D eigenvalue weighted by Crippen LogP contribution is -2.41. The number of carboxylic acids is 1. The van der Waals surface area contributed by atoms with Crippen LogP contribution >= 0.6 is 12.2 Å². The molecule has 3 rings (SSSR count). The number of aromatic carboxylic acids is 1. The number of nitrogens with zero attached hydrogens (tertiary/aromatic N) is 2. The summed E-state index contributed by atoms with van der Waals surface area (Å²) in [5.41, 5.74) is 1.54. The first-order valence-corrected chi connectivity index (χ1v) is 8.51. The Morgan fingerprint density at radius 3 is 2.84 bits per heavy atom. The van der Waals surface area contributed by atoms with Crippen molar-refractivity contribution in [3.8, 4) is 5.75 Å². The number of hydrogen-bond acceptors (Lipinski definition) is 4. The van der Waals surface area contributed by atoms with E-state index in [0.717, 1.165) is 31.4 Å². The van der Waals surface area contributed by atoms with Crippen molar-refractivity contribution in [3.05, 3.63) is 53.9 Å². The molecule has 1 fully saturated rings. The second-order valence-corrected chi connectivity index (χ2v) is 6.35. The Morgan fingerprint density at radius 1 is 1.32 bits per heavy atom. The number of carboxylic acid groups (broad SMARTS) is 1. The molecule has 6 nitrogen and oxygen atoms in total. The number of pyridine rings is 1. The Hall–Kier alpha value is -2.67. The van der Waals surface area contributed by atoms with E-state index in [0.29, 0.717) is 10.8 Å². The number of anilines is 1. The molecule has 1 aliphatic rings. The summed E-state index contributed by atoms with van der Waals surface area (Å²) in [4.78, 5) is 17.3. The Labute approximate surface area is 151 Å². The summed E-state index contributed by atoms with van der Waals surface area (Å²) in [6.45, 7) is 0.838. The number of carbonyl (C=O) groups is 1. The summed E-state index contributed by atoms with van der Waals surface area (Å²) in [6, 6.07) is 8.46. The van der Waals surface area contributed by atoms with Gasteiger partial charge < -0.3 is 20.4 Å². The fourth-order valence-corrected chi connectivity index (χ4v) is 3.42. The number of aromatic hydroxyl groups is 1. The van der Waals surface area contributed by atoms with Crippen LogP contribution in [0.1, 0.15) is 41.2 Å². The summed E-state index contributed by atoms with van der Waals surface area (Å²) in [5, 5.41) is 22.5. The van der Waals surface area contributed by atoms with Gasteiger partial charge in [-0.1, -0.05) is 6.07 Å². The van der Waals surface area contributed by atoms with Crippen molar-refractivity contribution in [2.24, 2.45) is 0 Å². The van der Waals surface area contributed by atoms with Crippen LogP contribution in [0.15, 0.2) is 42.7 Å². The van der Waals surface area contributed by atoms with E-state index in [1.807, 2.05) is 18.3 Å². The maximum Gasteiger partial charge on any atom is 0.339 e. The van der Waals surface area contributed by atoms with Crippen molar-refractivity contribution in [3.63, 3.8) is 0 Å². The molecule has 1 aromatic carbocycles. The number of rotatable bonds is 3. The molecule has 0 bridgehead atoms. The van der Waals surface area contributed by atoms with Gasteiger partial charge in [0.05, 0.1) is 6.04 Å². The Bertz CT molecular complexity index is 782. The molecule has 3 N–H and O–H groups in total. The van der Waals surface area contributed by atoms with Gasteiger partial charge in [0.25, 0.3) is 0 Å². The Kier molecular flexibility index (Phi) is 5.14. The predicted molar refractivity (Wildman–Crippen MR) is 98.8 cm³/mol. The van der Waals surface area contributed by atoms with E-state index in [4.69, 9.17) is 17.3 Å². The molecule has 0 amide bonds. The van der Waals surface area contributed by atoms with E-state index >= 15 is 0 Å². The summed E-state index contributed by atoms with van der Waals surface area (Å²) in [5.74, 6) is -1.46. The number of aromatic nitrogens is 1. The zero-order chi connectivity index (χ0) is 17.8. The topological polar surface area (TPSA) is 85.7 Å². The minimum Gasteiger partial charge on any atom is -0.507 e. The molecule has 0 saturated carbocycles. The van der Waals surface area contributed by atoms with Crippen molar-refractivity contribution in [1.82, 2.24) is 9.88 Å². The lowest BCUT2D eigenvalue weighted by molar-refractivity contribution is 0.0694. The van der Waals surface area contributed by atoms with E-state index in [-0.39, 0.29) is 17.4 Å². The second kappa shape index (κ2) is 7.48. The zero-order valence-electron chi connectivity index (χ0n) is 13.6. The lowest BCUT2D eigenvalue weighted by atomic mass is 9.97. The summed E-state index contributed by atoms with van der Waals surface area (Å²) in [6.07, 6.45) is 6.80. The van der Waals surface area contributed by atoms with Crippen LogP contribution in [0, 0.1) is 0 Å². The number of hydrogen-bond donors (Lipinski definition) is 3. The van der Waals surface area contributed by atoms with Crippen LogP contribution in [0.3, 0.4) is 0 Å². The molecule has 130 valence electrons. The molecule has 1 atom stereocenters. The van der Waals surface area contributed by atoms with E-state index in [1.165, 1.54) is 12.1 Å². The van der Waals surface area contributed by atoms with E-state index in [2.05, 4.69) is 15.2 Å². The molecular weight excluding hydrogens is 338 g/mol. The minimum atomic E-state index is -1.17. The second-order valence-electron chi connectivity index (χ2n) is 5.96. The molecule has 2 aromatic rings. The van der Waals surface area contributed by atoms with Crippen LogP contribution in [0.5, 0.6) is 5.75 Å². The van der Waals surface area contributed by atoms with Crippen LogP contribution in [0.2, 0.25) is 0 Å². The molecule has 7 heteroatoms. The molecule has 0 spiro atoms. The molecule has 2 heterocycles. The number of benzene rings is 1. The van der Waals surface area contributed by atoms with Gasteiger partial charge in [-0.2, -0.15) is 0 Å². The molecule has 1 saturated heterocycles. The third-order valence-corrected chi connectivity index (χ3v) is 4.65. The first-order chi connectivity index (χ1) is 12.1. The van der Waals surface area contributed by atoms with Crippen LogP contribution in [0.25, 0.3) is 0 Å². The highest BCUT2D eigenvalue weighted by atomic mass is 32.1. The van der Waals surface area contributed by atoms with Gasteiger partial charge in [0.15, 0.2) is 5.11 Å². The number of phenols is 1. The first kappa shape index (κ1) is 17.2. The van der Waals surface area contributed by atoms with Gasteiger partial charge in [-0.25, -0.2) is 4.79 Å². The van der Waals surface area contributed by atoms with Gasteiger partial charge in [0, 0.05) is 30.7 Å². The molecular formula is C18H19N3O3S. The van der Waals surface area contributed by atoms with Crippen LogP contribution in [-0.4, -0.2) is 37.7 Å². The van der Waals surface area contributed by atoms with Crippen molar-refractivity contribution in [2.75, 3.05) is 11.9 Å². The predicted octanol–water partition coefficient (Wildman–Crippen LogP) is 3.41. The number of piperidine rings is 1. The number of likely N-dealkylation sites (tertiary alicyclic amines) is 1. The Balaban J connectivity index is 1.77. The van der Waals surface area contributed by atoms with Crippen molar-refractivity contribution >= 4 is 29.0 Å². The van der Waals surface area contributed by atoms with E-state index in [1.54, 1.807) is 12.3 Å². The molecule has 1 aliphatic heterocycles. The average Bonchev–Trinajstić information content (AvgIpc) is 2.62. The zero-order valence-corrected chi connectivity index (χ0v) is 14.4. The maximum atomic E-state index is 11.0. The fraction of sp³-hybridized carbons (Fsp3) is 0.278. The van der Waals surface area contributed by atoms with Gasteiger partial charge in [-0.3, -0.25) is 4.98 Å². The fourth-order valence-electron chi connectivity index (χ4n) is 3.08. The van der Waals surface area contributed by atoms with Crippen molar-refractivity contribution in [1.29, 1.82) is 0 Å². The normalized spacial score (nSPS) is 17.1. The standard InChI is InChI=1S/C18H19N3O3S/c22-16-10-13(6-7-14(16)17(23)24)20-18(25)21-9-2-1-5-15(21)12-4-3-8-19-11-12/h3-4,6-8,10-11,15,22H,1-2,5,9H2,(H,20,25)(H,23,24). The molecule has 0 radical (unpaired) electrons. The van der Waals surface area contributed by atoms with E-state index < -0.39 is 5.97 Å². The van der Waals surface area contributed by atoms with Crippen LogP contribution in [-0.2, 0) is 0 Å². The van der Waals surface area contributed by atoms with Gasteiger partial charge in [-0.05, 0) is 55.2 Å². The SMILES string of the molecule is O=C(O)c1ccc(NC(=S)N2CCCCC2c2cccnc2)cc1O. The summed E-state index contributed by atoms with van der Waals surface area (Å²) < 4.78 is 0. The monoisotopic (exact) mass is 357 g/mol. The summed E-state index contributed by atoms with van der Waals surface area (Å²) in [7, 11) is 0. The van der Waals surface area contributed by atoms with Crippen molar-refractivity contribution in [2.45, 2.75) is 25.3 Å². The third-order valence-electron chi connectivity index (χ3n) is 4.31. The highest BCUT2D eigenvalue weighted by Gasteiger charge is 2.26. The molecule has 1 unspecified atom stereocenters. The van der Waals surface area contributed by atoms with Gasteiger partial charge in [-0.15, -0.1) is 0 Å². The molecule has 1 aromatic heterocycles. The third kappa shape index (κ3) is 3.88. The summed E-state index contributed by atoms with van der Waals surface area (Å²) >= 11 is 5.56. The van der Waals surface area contributed by atoms with Gasteiger partial charge in [0.2, 0.25) is 0 Å². The maximum absolute atomic E-state index is 11.0. The first-order valence-electron chi connectivity index (χ1n) is 8.10. The quantitative estimate of drug-likeness (QED) is 0.726. The largest absolute Gasteiger partial charge is 0.507 e. The van der Waals surface area contributed by atoms with E-state index in [9.17, 15) is 9.90 Å². The number of nitrogens with one attached hydrogen (secondary N) is 1. The van der Waals surface area contributed by atoms with Crippen molar-refractivity contribution < 1.29 is 15.0 Å². The van der Waals surface area contributed by atoms with Crippen LogP contribution < -0.4 is 5.32 Å². The van der Waals surface area contributed by atoms with Gasteiger partial charge >= 0.3 is 5.97 Å². The molecule has 25 heavy (non-hydrogen) atoms. The smallest absolute Gasteiger partial charge is 0.339 e. The minimum absolute atomic E-state index is 0.136. The molecule has 0 aliphatic carbocycles. The highest BCUT2D eigenvalue weighted by Crippen LogP contribution is 2.31.